The Hall–Kier alpha value is -1.56. The molecule has 1 rings (SSSR count). The lowest BCUT2D eigenvalue weighted by atomic mass is 10.1. The molecule has 0 amide bonds. The van der Waals surface area contributed by atoms with Crippen LogP contribution >= 0.6 is 0 Å². The summed E-state index contributed by atoms with van der Waals surface area (Å²) in [6.07, 6.45) is -4.36. The molecule has 1 aromatic carbocycles. The summed E-state index contributed by atoms with van der Waals surface area (Å²) in [6.45, 7) is 0.817. The molecule has 0 saturated carbocycles. The van der Waals surface area contributed by atoms with Gasteiger partial charge in [-0.1, -0.05) is 19.1 Å². The van der Waals surface area contributed by atoms with Crippen molar-refractivity contribution < 1.29 is 27.4 Å². The van der Waals surface area contributed by atoms with Gasteiger partial charge in [0.2, 0.25) is 0 Å². The highest BCUT2D eigenvalue weighted by atomic mass is 19.4. The van der Waals surface area contributed by atoms with E-state index in [0.717, 1.165) is 0 Å². The van der Waals surface area contributed by atoms with E-state index in [1.54, 1.807) is 25.1 Å². The van der Waals surface area contributed by atoms with Crippen LogP contribution in [0.2, 0.25) is 0 Å². The Morgan fingerprint density at radius 2 is 1.89 bits per heavy atom. The lowest BCUT2D eigenvalue weighted by Crippen LogP contribution is -2.18. The van der Waals surface area contributed by atoms with Crippen molar-refractivity contribution in [2.24, 2.45) is 0 Å². The van der Waals surface area contributed by atoms with E-state index in [9.17, 15) is 18.0 Å². The SMILES string of the molecule is CCC(=O)c1ccccc1OCCOC(F)(F)F. The molecule has 100 valence electrons. The second kappa shape index (κ2) is 6.39. The number of para-hydroxylation sites is 1. The summed E-state index contributed by atoms with van der Waals surface area (Å²) in [5.74, 6) is 0.150. The van der Waals surface area contributed by atoms with Crippen LogP contribution in [0.15, 0.2) is 24.3 Å². The summed E-state index contributed by atoms with van der Waals surface area (Å²) in [4.78, 5) is 11.5. The van der Waals surface area contributed by atoms with Gasteiger partial charge in [0.1, 0.15) is 12.4 Å². The topological polar surface area (TPSA) is 35.5 Å². The zero-order valence-electron chi connectivity index (χ0n) is 9.79. The summed E-state index contributed by atoms with van der Waals surface area (Å²) >= 11 is 0. The van der Waals surface area contributed by atoms with Gasteiger partial charge < -0.3 is 4.74 Å². The number of halogens is 3. The Labute approximate surface area is 103 Å². The number of ether oxygens (including phenoxy) is 2. The molecule has 0 aliphatic rings. The molecule has 6 heteroatoms. The fourth-order valence-electron chi connectivity index (χ4n) is 1.32. The highest BCUT2D eigenvalue weighted by Gasteiger charge is 2.28. The second-order valence-corrected chi connectivity index (χ2v) is 3.42. The number of carbonyl (C=O) groups excluding carboxylic acids is 1. The van der Waals surface area contributed by atoms with Crippen molar-refractivity contribution >= 4 is 5.78 Å². The number of hydrogen-bond acceptors (Lipinski definition) is 3. The van der Waals surface area contributed by atoms with E-state index < -0.39 is 13.0 Å². The van der Waals surface area contributed by atoms with E-state index in [1.807, 2.05) is 0 Å². The van der Waals surface area contributed by atoms with Gasteiger partial charge in [0.05, 0.1) is 12.2 Å². The number of Topliss-reactive ketones (excluding diaryl/α,β-unsaturated/α-hetero) is 1. The van der Waals surface area contributed by atoms with E-state index in [0.29, 0.717) is 12.0 Å². The summed E-state index contributed by atoms with van der Waals surface area (Å²) in [5, 5.41) is 0. The minimum atomic E-state index is -4.66. The van der Waals surface area contributed by atoms with Gasteiger partial charge >= 0.3 is 6.36 Å². The van der Waals surface area contributed by atoms with Crippen molar-refractivity contribution in [3.8, 4) is 5.75 Å². The van der Waals surface area contributed by atoms with Crippen molar-refractivity contribution in [3.63, 3.8) is 0 Å². The van der Waals surface area contributed by atoms with Gasteiger partial charge in [0.25, 0.3) is 0 Å². The van der Waals surface area contributed by atoms with Crippen LogP contribution in [0.1, 0.15) is 23.7 Å². The first kappa shape index (κ1) is 14.5. The average molecular weight is 262 g/mol. The van der Waals surface area contributed by atoms with Gasteiger partial charge in [-0.3, -0.25) is 9.53 Å². The van der Waals surface area contributed by atoms with Crippen LogP contribution in [0.5, 0.6) is 5.75 Å². The predicted molar refractivity (Wildman–Crippen MR) is 58.6 cm³/mol. The molecule has 3 nitrogen and oxygen atoms in total. The van der Waals surface area contributed by atoms with E-state index in [2.05, 4.69) is 4.74 Å². The molecule has 0 spiro atoms. The summed E-state index contributed by atoms with van der Waals surface area (Å²) < 4.78 is 43.8. The number of alkyl halides is 3. The molecule has 18 heavy (non-hydrogen) atoms. The molecule has 0 radical (unpaired) electrons. The Balaban J connectivity index is 2.54. The quantitative estimate of drug-likeness (QED) is 0.583. The van der Waals surface area contributed by atoms with Gasteiger partial charge in [-0.05, 0) is 12.1 Å². The summed E-state index contributed by atoms with van der Waals surface area (Å²) in [6, 6.07) is 6.43. The maximum Gasteiger partial charge on any atom is 0.522 e. The first-order chi connectivity index (χ1) is 8.44. The maximum absolute atomic E-state index is 11.7. The molecule has 0 aliphatic carbocycles. The molecule has 0 N–H and O–H groups in total. The molecular formula is C12H13F3O3. The smallest absolute Gasteiger partial charge is 0.490 e. The number of ketones is 1. The maximum atomic E-state index is 11.7. The molecule has 0 heterocycles. The van der Waals surface area contributed by atoms with Crippen molar-refractivity contribution in [1.29, 1.82) is 0 Å². The van der Waals surface area contributed by atoms with E-state index in [-0.39, 0.29) is 18.1 Å². The second-order valence-electron chi connectivity index (χ2n) is 3.42. The van der Waals surface area contributed by atoms with Crippen LogP contribution in [0.25, 0.3) is 0 Å². The standard InChI is InChI=1S/C12H13F3O3/c1-2-10(16)9-5-3-4-6-11(9)17-7-8-18-12(13,14)15/h3-6H,2,7-8H2,1H3. The lowest BCUT2D eigenvalue weighted by molar-refractivity contribution is -0.325. The van der Waals surface area contributed by atoms with Crippen molar-refractivity contribution in [2.75, 3.05) is 13.2 Å². The number of hydrogen-bond donors (Lipinski definition) is 0. The van der Waals surface area contributed by atoms with Crippen molar-refractivity contribution in [3.05, 3.63) is 29.8 Å². The number of carbonyl (C=O) groups is 1. The Bertz CT molecular complexity index is 402. The molecule has 0 saturated heterocycles. The third-order valence-corrected chi connectivity index (χ3v) is 2.12. The van der Waals surface area contributed by atoms with Crippen LogP contribution in [0.4, 0.5) is 13.2 Å². The molecule has 0 fully saturated rings. The normalized spacial score (nSPS) is 11.3. The van der Waals surface area contributed by atoms with E-state index in [1.165, 1.54) is 6.07 Å². The number of rotatable bonds is 6. The fraction of sp³-hybridized carbons (Fsp3) is 0.417. The third-order valence-electron chi connectivity index (χ3n) is 2.12. The molecule has 0 unspecified atom stereocenters. The van der Waals surface area contributed by atoms with Crippen LogP contribution in [-0.2, 0) is 4.74 Å². The Morgan fingerprint density at radius 1 is 1.22 bits per heavy atom. The minimum Gasteiger partial charge on any atom is -0.490 e. The van der Waals surface area contributed by atoms with Gasteiger partial charge in [-0.15, -0.1) is 13.2 Å². The summed E-state index contributed by atoms with van der Waals surface area (Å²) in [5.41, 5.74) is 0.368. The Morgan fingerprint density at radius 3 is 2.50 bits per heavy atom. The van der Waals surface area contributed by atoms with Gasteiger partial charge in [0.15, 0.2) is 5.78 Å². The zero-order valence-corrected chi connectivity index (χ0v) is 9.79. The van der Waals surface area contributed by atoms with Gasteiger partial charge in [-0.2, -0.15) is 0 Å². The van der Waals surface area contributed by atoms with Crippen molar-refractivity contribution in [1.82, 2.24) is 0 Å². The monoisotopic (exact) mass is 262 g/mol. The summed E-state index contributed by atoms with van der Waals surface area (Å²) in [7, 11) is 0. The zero-order chi connectivity index (χ0) is 13.6. The molecule has 0 aromatic heterocycles. The highest BCUT2D eigenvalue weighted by Crippen LogP contribution is 2.20. The van der Waals surface area contributed by atoms with Gasteiger partial charge in [-0.25, -0.2) is 0 Å². The van der Waals surface area contributed by atoms with Crippen LogP contribution in [0, 0.1) is 0 Å². The van der Waals surface area contributed by atoms with E-state index >= 15 is 0 Å². The fourth-order valence-corrected chi connectivity index (χ4v) is 1.32. The molecule has 0 aliphatic heterocycles. The van der Waals surface area contributed by atoms with E-state index in [4.69, 9.17) is 4.74 Å². The Kier molecular flexibility index (Phi) is 5.15. The minimum absolute atomic E-state index is 0.123. The van der Waals surface area contributed by atoms with Gasteiger partial charge in [0, 0.05) is 6.42 Å². The molecule has 1 aromatic rings. The predicted octanol–water partition coefficient (Wildman–Crippen LogP) is 3.19. The molecule has 0 atom stereocenters. The third kappa shape index (κ3) is 4.75. The molecule has 0 bridgehead atoms. The highest BCUT2D eigenvalue weighted by molar-refractivity contribution is 5.98. The average Bonchev–Trinajstić information content (AvgIpc) is 2.33. The van der Waals surface area contributed by atoms with Crippen LogP contribution < -0.4 is 4.74 Å². The first-order valence-electron chi connectivity index (χ1n) is 5.39. The van der Waals surface area contributed by atoms with Crippen LogP contribution in [0.3, 0.4) is 0 Å². The lowest BCUT2D eigenvalue weighted by Gasteiger charge is -2.11. The first-order valence-corrected chi connectivity index (χ1v) is 5.39. The largest absolute Gasteiger partial charge is 0.522 e. The van der Waals surface area contributed by atoms with Crippen molar-refractivity contribution in [2.45, 2.75) is 19.7 Å². The van der Waals surface area contributed by atoms with Crippen LogP contribution in [-0.4, -0.2) is 25.4 Å². The molecular weight excluding hydrogens is 249 g/mol. The number of benzene rings is 1.